The summed E-state index contributed by atoms with van der Waals surface area (Å²) in [7, 11) is 1.90. The molecule has 0 amide bonds. The zero-order chi connectivity index (χ0) is 13.6. The van der Waals surface area contributed by atoms with Crippen LogP contribution >= 0.6 is 11.6 Å². The Kier molecular flexibility index (Phi) is 2.68. The number of benzene rings is 1. The van der Waals surface area contributed by atoms with Crippen molar-refractivity contribution >= 4 is 28.3 Å². The monoisotopic (exact) mass is 272 g/mol. The maximum Gasteiger partial charge on any atom is 0.131 e. The molecule has 0 saturated carbocycles. The largest absolute Gasteiger partial charge is 0.383 e. The van der Waals surface area contributed by atoms with Gasteiger partial charge in [-0.2, -0.15) is 0 Å². The number of aryl methyl sites for hydroxylation is 1. The number of nitrogens with two attached hydrogens (primary N) is 1. The van der Waals surface area contributed by atoms with E-state index < -0.39 is 0 Å². The van der Waals surface area contributed by atoms with Gasteiger partial charge < -0.3 is 10.3 Å². The van der Waals surface area contributed by atoms with Gasteiger partial charge in [0.2, 0.25) is 0 Å². The minimum absolute atomic E-state index is 0.631. The van der Waals surface area contributed by atoms with E-state index in [1.54, 1.807) is 6.20 Å². The number of anilines is 1. The molecule has 2 heterocycles. The van der Waals surface area contributed by atoms with Crippen molar-refractivity contribution in [3.8, 4) is 11.3 Å². The standard InChI is InChI=1S/C14H13ClN4/c1-8-18-13(14(16)19(8)2)10-5-6-11(15)9-4-3-7-17-12(9)10/h3-7H,16H2,1-2H3. The Labute approximate surface area is 115 Å². The highest BCUT2D eigenvalue weighted by Gasteiger charge is 2.15. The minimum Gasteiger partial charge on any atom is -0.383 e. The number of aromatic nitrogens is 3. The molecule has 0 radical (unpaired) electrons. The van der Waals surface area contributed by atoms with Gasteiger partial charge in [0.25, 0.3) is 0 Å². The molecule has 0 atom stereocenters. The molecule has 0 fully saturated rings. The highest BCUT2D eigenvalue weighted by Crippen LogP contribution is 2.33. The fourth-order valence-electron chi connectivity index (χ4n) is 2.15. The maximum atomic E-state index is 6.20. The molecule has 3 aromatic rings. The van der Waals surface area contributed by atoms with Crippen molar-refractivity contribution in [3.05, 3.63) is 41.3 Å². The quantitative estimate of drug-likeness (QED) is 0.740. The zero-order valence-corrected chi connectivity index (χ0v) is 11.4. The predicted molar refractivity (Wildman–Crippen MR) is 78.1 cm³/mol. The van der Waals surface area contributed by atoms with Gasteiger partial charge in [0, 0.05) is 24.2 Å². The zero-order valence-electron chi connectivity index (χ0n) is 10.7. The van der Waals surface area contributed by atoms with E-state index in [0.29, 0.717) is 10.8 Å². The van der Waals surface area contributed by atoms with E-state index >= 15 is 0 Å². The Hall–Kier alpha value is -2.07. The van der Waals surface area contributed by atoms with Crippen molar-refractivity contribution in [2.45, 2.75) is 6.92 Å². The Bertz CT molecular complexity index is 776. The molecule has 4 nitrogen and oxygen atoms in total. The van der Waals surface area contributed by atoms with E-state index in [1.807, 2.05) is 42.8 Å². The number of pyridine rings is 1. The molecule has 0 aliphatic rings. The fraction of sp³-hybridized carbons (Fsp3) is 0.143. The fourth-order valence-corrected chi connectivity index (χ4v) is 2.37. The van der Waals surface area contributed by atoms with Gasteiger partial charge in [-0.15, -0.1) is 0 Å². The average Bonchev–Trinajstić information content (AvgIpc) is 2.67. The second kappa shape index (κ2) is 4.24. The number of imidazole rings is 1. The highest BCUT2D eigenvalue weighted by atomic mass is 35.5. The van der Waals surface area contributed by atoms with Crippen molar-refractivity contribution in [2.24, 2.45) is 7.05 Å². The van der Waals surface area contributed by atoms with E-state index in [-0.39, 0.29) is 0 Å². The maximum absolute atomic E-state index is 6.20. The number of nitrogen functional groups attached to an aromatic ring is 1. The molecule has 0 saturated heterocycles. The smallest absolute Gasteiger partial charge is 0.131 e. The minimum atomic E-state index is 0.631. The van der Waals surface area contributed by atoms with Crippen molar-refractivity contribution in [3.63, 3.8) is 0 Å². The predicted octanol–water partition coefficient (Wildman–Crippen LogP) is 3.18. The Morgan fingerprint density at radius 3 is 2.74 bits per heavy atom. The lowest BCUT2D eigenvalue weighted by atomic mass is 10.1. The van der Waals surface area contributed by atoms with Crippen molar-refractivity contribution in [2.75, 3.05) is 5.73 Å². The van der Waals surface area contributed by atoms with Gasteiger partial charge in [0.05, 0.1) is 10.5 Å². The van der Waals surface area contributed by atoms with Gasteiger partial charge in [-0.05, 0) is 31.2 Å². The lowest BCUT2D eigenvalue weighted by Gasteiger charge is -2.06. The summed E-state index contributed by atoms with van der Waals surface area (Å²) in [4.78, 5) is 8.92. The third-order valence-corrected chi connectivity index (χ3v) is 3.66. The second-order valence-electron chi connectivity index (χ2n) is 4.45. The van der Waals surface area contributed by atoms with Gasteiger partial charge in [-0.3, -0.25) is 4.98 Å². The first-order chi connectivity index (χ1) is 9.09. The van der Waals surface area contributed by atoms with Crippen LogP contribution in [0.3, 0.4) is 0 Å². The number of nitrogens with zero attached hydrogens (tertiary/aromatic N) is 3. The third-order valence-electron chi connectivity index (χ3n) is 3.33. The first kappa shape index (κ1) is 12.0. The summed E-state index contributed by atoms with van der Waals surface area (Å²) < 4.78 is 1.86. The molecule has 96 valence electrons. The molecule has 0 spiro atoms. The van der Waals surface area contributed by atoms with Crippen LogP contribution in [0.15, 0.2) is 30.5 Å². The number of hydrogen-bond donors (Lipinski definition) is 1. The van der Waals surface area contributed by atoms with Gasteiger partial charge in [0.15, 0.2) is 0 Å². The SMILES string of the molecule is Cc1nc(-c2ccc(Cl)c3cccnc23)c(N)n1C. The van der Waals surface area contributed by atoms with Crippen LogP contribution in [-0.4, -0.2) is 14.5 Å². The molecule has 0 unspecified atom stereocenters. The molecule has 1 aromatic carbocycles. The molecular formula is C14H13ClN4. The second-order valence-corrected chi connectivity index (χ2v) is 4.85. The van der Waals surface area contributed by atoms with E-state index in [1.165, 1.54) is 0 Å². The molecule has 19 heavy (non-hydrogen) atoms. The molecule has 2 aromatic heterocycles. The Morgan fingerprint density at radius 2 is 2.05 bits per heavy atom. The van der Waals surface area contributed by atoms with Crippen LogP contribution in [0.25, 0.3) is 22.2 Å². The molecule has 3 rings (SSSR count). The van der Waals surface area contributed by atoms with Crippen molar-refractivity contribution < 1.29 is 0 Å². The van der Waals surface area contributed by atoms with Gasteiger partial charge in [0.1, 0.15) is 17.3 Å². The lowest BCUT2D eigenvalue weighted by Crippen LogP contribution is -1.98. The summed E-state index contributed by atoms with van der Waals surface area (Å²) in [5, 5.41) is 1.59. The number of rotatable bonds is 1. The molecule has 2 N–H and O–H groups in total. The summed E-state index contributed by atoms with van der Waals surface area (Å²) in [5.41, 5.74) is 8.58. The topological polar surface area (TPSA) is 56.7 Å². The van der Waals surface area contributed by atoms with Gasteiger partial charge >= 0.3 is 0 Å². The van der Waals surface area contributed by atoms with Crippen LogP contribution in [0.1, 0.15) is 5.82 Å². The summed E-state index contributed by atoms with van der Waals surface area (Å²) in [6, 6.07) is 7.57. The van der Waals surface area contributed by atoms with Gasteiger partial charge in [-0.25, -0.2) is 4.98 Å². The first-order valence-corrected chi connectivity index (χ1v) is 6.30. The van der Waals surface area contributed by atoms with E-state index in [2.05, 4.69) is 9.97 Å². The van der Waals surface area contributed by atoms with Crippen molar-refractivity contribution in [1.82, 2.24) is 14.5 Å². The summed E-state index contributed by atoms with van der Waals surface area (Å²) in [5.74, 6) is 1.50. The lowest BCUT2D eigenvalue weighted by molar-refractivity contribution is 0.868. The van der Waals surface area contributed by atoms with E-state index in [4.69, 9.17) is 17.3 Å². The summed E-state index contributed by atoms with van der Waals surface area (Å²) in [6.45, 7) is 1.92. The molecule has 5 heteroatoms. The average molecular weight is 273 g/mol. The third kappa shape index (κ3) is 1.76. The first-order valence-electron chi connectivity index (χ1n) is 5.92. The molecular weight excluding hydrogens is 260 g/mol. The number of fused-ring (bicyclic) bond motifs is 1. The Morgan fingerprint density at radius 1 is 1.26 bits per heavy atom. The number of halogens is 1. The van der Waals surface area contributed by atoms with Crippen LogP contribution in [-0.2, 0) is 7.05 Å². The van der Waals surface area contributed by atoms with Gasteiger partial charge in [-0.1, -0.05) is 11.6 Å². The van der Waals surface area contributed by atoms with E-state index in [9.17, 15) is 0 Å². The number of hydrogen-bond acceptors (Lipinski definition) is 3. The van der Waals surface area contributed by atoms with E-state index in [0.717, 1.165) is 28.0 Å². The van der Waals surface area contributed by atoms with Crippen LogP contribution < -0.4 is 5.73 Å². The molecule has 0 bridgehead atoms. The highest BCUT2D eigenvalue weighted by molar-refractivity contribution is 6.35. The van der Waals surface area contributed by atoms with Crippen LogP contribution in [0, 0.1) is 6.92 Å². The van der Waals surface area contributed by atoms with Crippen LogP contribution in [0.2, 0.25) is 5.02 Å². The van der Waals surface area contributed by atoms with Crippen LogP contribution in [0.4, 0.5) is 5.82 Å². The normalized spacial score (nSPS) is 11.1. The summed E-state index contributed by atoms with van der Waals surface area (Å²) in [6.07, 6.45) is 1.74. The molecule has 0 aliphatic heterocycles. The van der Waals surface area contributed by atoms with Crippen molar-refractivity contribution in [1.29, 1.82) is 0 Å². The molecule has 0 aliphatic carbocycles. The summed E-state index contributed by atoms with van der Waals surface area (Å²) >= 11 is 6.20. The van der Waals surface area contributed by atoms with Crippen LogP contribution in [0.5, 0.6) is 0 Å². The Balaban J connectivity index is 2.37.